The minimum atomic E-state index is 0.594. The molecule has 2 heteroatoms. The summed E-state index contributed by atoms with van der Waals surface area (Å²) in [5.74, 6) is 0.953. The summed E-state index contributed by atoms with van der Waals surface area (Å²) in [6.07, 6.45) is 0. The SMILES string of the molecule is CNCc1c(OCc2cccc(C)c2)ccc2ccccc12. The van der Waals surface area contributed by atoms with Crippen LogP contribution in [-0.4, -0.2) is 7.05 Å². The molecular formula is C20H21NO. The zero-order chi connectivity index (χ0) is 15.4. The molecule has 0 aromatic heterocycles. The van der Waals surface area contributed by atoms with Gasteiger partial charge in [-0.3, -0.25) is 0 Å². The Kier molecular flexibility index (Phi) is 4.40. The van der Waals surface area contributed by atoms with Crippen LogP contribution >= 0.6 is 0 Å². The predicted octanol–water partition coefficient (Wildman–Crippen LogP) is 4.45. The summed E-state index contributed by atoms with van der Waals surface area (Å²) in [5.41, 5.74) is 3.67. The van der Waals surface area contributed by atoms with Crippen molar-refractivity contribution in [2.24, 2.45) is 0 Å². The summed E-state index contributed by atoms with van der Waals surface area (Å²) in [6, 6.07) is 21.1. The summed E-state index contributed by atoms with van der Waals surface area (Å²) in [6.45, 7) is 3.49. The molecule has 0 fully saturated rings. The van der Waals surface area contributed by atoms with Crippen molar-refractivity contribution in [1.82, 2.24) is 5.32 Å². The van der Waals surface area contributed by atoms with Crippen LogP contribution in [0, 0.1) is 6.92 Å². The lowest BCUT2D eigenvalue weighted by molar-refractivity contribution is 0.303. The Bertz CT molecular complexity index is 780. The van der Waals surface area contributed by atoms with Crippen LogP contribution in [0.15, 0.2) is 60.7 Å². The molecule has 0 aliphatic heterocycles. The van der Waals surface area contributed by atoms with Gasteiger partial charge in [0.1, 0.15) is 12.4 Å². The van der Waals surface area contributed by atoms with Crippen LogP contribution < -0.4 is 10.1 Å². The summed E-state index contributed by atoms with van der Waals surface area (Å²) in [4.78, 5) is 0. The fraction of sp³-hybridized carbons (Fsp3) is 0.200. The van der Waals surface area contributed by atoms with Crippen molar-refractivity contribution < 1.29 is 4.74 Å². The van der Waals surface area contributed by atoms with E-state index in [1.807, 2.05) is 7.05 Å². The van der Waals surface area contributed by atoms with Gasteiger partial charge in [-0.05, 0) is 36.4 Å². The van der Waals surface area contributed by atoms with Crippen molar-refractivity contribution in [3.05, 3.63) is 77.4 Å². The van der Waals surface area contributed by atoms with Crippen LogP contribution in [0.1, 0.15) is 16.7 Å². The molecule has 22 heavy (non-hydrogen) atoms. The topological polar surface area (TPSA) is 21.3 Å². The van der Waals surface area contributed by atoms with Crippen molar-refractivity contribution in [2.45, 2.75) is 20.1 Å². The molecule has 0 aliphatic rings. The molecule has 0 saturated heterocycles. The lowest BCUT2D eigenvalue weighted by atomic mass is 10.0. The smallest absolute Gasteiger partial charge is 0.124 e. The molecule has 0 spiro atoms. The van der Waals surface area contributed by atoms with E-state index in [1.54, 1.807) is 0 Å². The molecule has 0 unspecified atom stereocenters. The van der Waals surface area contributed by atoms with Gasteiger partial charge in [-0.15, -0.1) is 0 Å². The van der Waals surface area contributed by atoms with Crippen molar-refractivity contribution in [3.8, 4) is 5.75 Å². The molecule has 0 amide bonds. The normalized spacial score (nSPS) is 10.8. The highest BCUT2D eigenvalue weighted by atomic mass is 16.5. The standard InChI is InChI=1S/C20H21NO/c1-15-6-5-7-16(12-15)14-22-20-11-10-17-8-3-4-9-18(17)19(20)13-21-2/h3-12,21H,13-14H2,1-2H3. The van der Waals surface area contributed by atoms with E-state index in [0.717, 1.165) is 12.3 Å². The number of ether oxygens (including phenoxy) is 1. The Morgan fingerprint density at radius 2 is 1.82 bits per heavy atom. The van der Waals surface area contributed by atoms with Gasteiger partial charge in [-0.25, -0.2) is 0 Å². The maximum absolute atomic E-state index is 6.10. The molecule has 3 aromatic rings. The highest BCUT2D eigenvalue weighted by Crippen LogP contribution is 2.28. The minimum Gasteiger partial charge on any atom is -0.489 e. The Labute approximate surface area is 131 Å². The maximum Gasteiger partial charge on any atom is 0.124 e. The third kappa shape index (κ3) is 3.12. The third-order valence-electron chi connectivity index (χ3n) is 3.83. The number of rotatable bonds is 5. The average Bonchev–Trinajstić information content (AvgIpc) is 2.54. The fourth-order valence-corrected chi connectivity index (χ4v) is 2.77. The Morgan fingerprint density at radius 3 is 2.64 bits per heavy atom. The van der Waals surface area contributed by atoms with Gasteiger partial charge in [0.05, 0.1) is 0 Å². The Hall–Kier alpha value is -2.32. The predicted molar refractivity (Wildman–Crippen MR) is 92.2 cm³/mol. The first-order valence-electron chi connectivity index (χ1n) is 7.61. The van der Waals surface area contributed by atoms with E-state index in [0.29, 0.717) is 6.61 Å². The van der Waals surface area contributed by atoms with Gasteiger partial charge in [0, 0.05) is 12.1 Å². The maximum atomic E-state index is 6.10. The zero-order valence-electron chi connectivity index (χ0n) is 13.1. The molecule has 112 valence electrons. The van der Waals surface area contributed by atoms with Gasteiger partial charge < -0.3 is 10.1 Å². The van der Waals surface area contributed by atoms with Crippen LogP contribution in [0.4, 0.5) is 0 Å². The molecule has 3 rings (SSSR count). The Balaban J connectivity index is 1.91. The number of hydrogen-bond acceptors (Lipinski definition) is 2. The monoisotopic (exact) mass is 291 g/mol. The average molecular weight is 291 g/mol. The van der Waals surface area contributed by atoms with Crippen molar-refractivity contribution in [1.29, 1.82) is 0 Å². The van der Waals surface area contributed by atoms with E-state index in [4.69, 9.17) is 4.74 Å². The Morgan fingerprint density at radius 1 is 0.955 bits per heavy atom. The summed E-state index contributed by atoms with van der Waals surface area (Å²) >= 11 is 0. The number of benzene rings is 3. The first-order valence-corrected chi connectivity index (χ1v) is 7.61. The highest BCUT2D eigenvalue weighted by molar-refractivity contribution is 5.87. The van der Waals surface area contributed by atoms with Crippen molar-refractivity contribution >= 4 is 10.8 Å². The van der Waals surface area contributed by atoms with Gasteiger partial charge in [-0.2, -0.15) is 0 Å². The van der Waals surface area contributed by atoms with Gasteiger partial charge in [0.25, 0.3) is 0 Å². The number of nitrogens with one attached hydrogen (secondary N) is 1. The first-order chi connectivity index (χ1) is 10.8. The van der Waals surface area contributed by atoms with Gasteiger partial charge in [-0.1, -0.05) is 60.2 Å². The van der Waals surface area contributed by atoms with Crippen LogP contribution in [0.2, 0.25) is 0 Å². The molecule has 3 aromatic carbocycles. The fourth-order valence-electron chi connectivity index (χ4n) is 2.77. The third-order valence-corrected chi connectivity index (χ3v) is 3.83. The van der Waals surface area contributed by atoms with Crippen molar-refractivity contribution in [2.75, 3.05) is 7.05 Å². The van der Waals surface area contributed by atoms with Gasteiger partial charge >= 0.3 is 0 Å². The number of fused-ring (bicyclic) bond motifs is 1. The first kappa shape index (κ1) is 14.6. The lowest BCUT2D eigenvalue weighted by Crippen LogP contribution is -2.08. The molecule has 0 heterocycles. The van der Waals surface area contributed by atoms with Crippen LogP contribution in [0.3, 0.4) is 0 Å². The van der Waals surface area contributed by atoms with E-state index in [2.05, 4.69) is 72.9 Å². The molecule has 0 aliphatic carbocycles. The van der Waals surface area contributed by atoms with Gasteiger partial charge in [0.2, 0.25) is 0 Å². The summed E-state index contributed by atoms with van der Waals surface area (Å²) in [5, 5.41) is 5.74. The van der Waals surface area contributed by atoms with E-state index in [-0.39, 0.29) is 0 Å². The lowest BCUT2D eigenvalue weighted by Gasteiger charge is -2.14. The molecule has 0 bridgehead atoms. The van der Waals surface area contributed by atoms with Crippen molar-refractivity contribution in [3.63, 3.8) is 0 Å². The van der Waals surface area contributed by atoms with E-state index >= 15 is 0 Å². The van der Waals surface area contributed by atoms with Gasteiger partial charge in [0.15, 0.2) is 0 Å². The van der Waals surface area contributed by atoms with E-state index in [1.165, 1.54) is 27.5 Å². The van der Waals surface area contributed by atoms with Crippen LogP contribution in [0.25, 0.3) is 10.8 Å². The largest absolute Gasteiger partial charge is 0.489 e. The molecular weight excluding hydrogens is 270 g/mol. The zero-order valence-corrected chi connectivity index (χ0v) is 13.1. The summed E-state index contributed by atoms with van der Waals surface area (Å²) in [7, 11) is 1.96. The molecule has 1 N–H and O–H groups in total. The molecule has 0 atom stereocenters. The van der Waals surface area contributed by atoms with E-state index < -0.39 is 0 Å². The van der Waals surface area contributed by atoms with Crippen LogP contribution in [0.5, 0.6) is 5.75 Å². The van der Waals surface area contributed by atoms with Crippen LogP contribution in [-0.2, 0) is 13.2 Å². The molecule has 0 radical (unpaired) electrons. The second kappa shape index (κ2) is 6.63. The highest BCUT2D eigenvalue weighted by Gasteiger charge is 2.08. The van der Waals surface area contributed by atoms with E-state index in [9.17, 15) is 0 Å². The molecule has 0 saturated carbocycles. The second-order valence-corrected chi connectivity index (χ2v) is 5.57. The number of aryl methyl sites for hydroxylation is 1. The summed E-state index contributed by atoms with van der Waals surface area (Å²) < 4.78 is 6.10. The molecule has 2 nitrogen and oxygen atoms in total. The number of hydrogen-bond donors (Lipinski definition) is 1. The minimum absolute atomic E-state index is 0.594. The second-order valence-electron chi connectivity index (χ2n) is 5.57. The quantitative estimate of drug-likeness (QED) is 0.750.